The van der Waals surface area contributed by atoms with Gasteiger partial charge in [0.1, 0.15) is 0 Å². The number of rotatable bonds is 5. The molecule has 64 heavy (non-hydrogen) atoms. The summed E-state index contributed by atoms with van der Waals surface area (Å²) in [5, 5.41) is 43.8. The van der Waals surface area contributed by atoms with Crippen molar-refractivity contribution in [3.8, 4) is 69.0 Å². The van der Waals surface area contributed by atoms with Crippen LogP contribution in [-0.4, -0.2) is 14.1 Å². The zero-order chi connectivity index (χ0) is 44.1. The van der Waals surface area contributed by atoms with Crippen LogP contribution in [-0.2, 0) is 0 Å². The number of benzene rings is 7. The Kier molecular flexibility index (Phi) is 8.94. The molecule has 3 aromatic heterocycles. The van der Waals surface area contributed by atoms with E-state index in [4.69, 9.17) is 19.7 Å². The minimum Gasteiger partial charge on any atom is -0.309 e. The molecular weight excluding hydrogens is 789 g/mol. The highest BCUT2D eigenvalue weighted by Crippen LogP contribution is 2.45. The fourth-order valence-electron chi connectivity index (χ4n) is 8.91. The summed E-state index contributed by atoms with van der Waals surface area (Å²) in [5.41, 5.74) is 10.7. The average molecular weight is 813 g/mol. The van der Waals surface area contributed by atoms with Gasteiger partial charge in [-0.2, -0.15) is 21.0 Å². The highest BCUT2D eigenvalue weighted by molar-refractivity contribution is 6.13. The molecule has 0 amide bonds. The SMILES string of the molecule is [C-]#[N+]c1cc(C#N)c(-c2ccc3c(c2)c2ccccc2n3-c2ccc(C#N)cc2-c2ccncc2-n2c3ccccc3c3cc(-c4c([N+]#[C-])cc(C#N)cc4[N+]#[C-])ccc32)c(C#N)c1. The molecule has 10 aromatic rings. The van der Waals surface area contributed by atoms with E-state index in [2.05, 4.69) is 52.9 Å². The summed E-state index contributed by atoms with van der Waals surface area (Å²) in [7, 11) is 0. The van der Waals surface area contributed by atoms with Gasteiger partial charge >= 0.3 is 0 Å². The molecule has 0 bridgehead atoms. The number of fused-ring (bicyclic) bond motifs is 6. The van der Waals surface area contributed by atoms with Gasteiger partial charge in [-0.15, -0.1) is 0 Å². The first-order chi connectivity index (χ1) is 31.4. The molecule has 10 heteroatoms. The minimum absolute atomic E-state index is 0.220. The van der Waals surface area contributed by atoms with Gasteiger partial charge in [-0.1, -0.05) is 48.5 Å². The summed E-state index contributed by atoms with van der Waals surface area (Å²) in [4.78, 5) is 15.5. The molecule has 0 unspecified atom stereocenters. The van der Waals surface area contributed by atoms with Crippen LogP contribution in [0.5, 0.6) is 0 Å². The zero-order valence-corrected chi connectivity index (χ0v) is 33.3. The summed E-state index contributed by atoms with van der Waals surface area (Å²) >= 11 is 0. The molecule has 0 N–H and O–H groups in total. The third-order valence-corrected chi connectivity index (χ3v) is 11.6. The maximum atomic E-state index is 10.3. The van der Waals surface area contributed by atoms with Crippen LogP contribution in [0.2, 0.25) is 0 Å². The van der Waals surface area contributed by atoms with Crippen LogP contribution >= 0.6 is 0 Å². The molecule has 290 valence electrons. The number of hydrogen-bond donors (Lipinski definition) is 0. The molecule has 7 aromatic carbocycles. The molecule has 10 nitrogen and oxygen atoms in total. The van der Waals surface area contributed by atoms with Crippen molar-refractivity contribution < 1.29 is 0 Å². The van der Waals surface area contributed by atoms with E-state index in [1.165, 1.54) is 24.3 Å². The van der Waals surface area contributed by atoms with E-state index in [0.29, 0.717) is 27.8 Å². The van der Waals surface area contributed by atoms with Gasteiger partial charge in [0, 0.05) is 50.0 Å². The third-order valence-electron chi connectivity index (χ3n) is 11.6. The first kappa shape index (κ1) is 38.0. The Bertz CT molecular complexity index is 3930. The predicted octanol–water partition coefficient (Wildman–Crippen LogP) is 13.4. The van der Waals surface area contributed by atoms with E-state index in [-0.39, 0.29) is 33.8 Å². The van der Waals surface area contributed by atoms with E-state index in [1.807, 2.05) is 109 Å². The molecular formula is C54H24N10. The van der Waals surface area contributed by atoms with Crippen molar-refractivity contribution in [2.24, 2.45) is 0 Å². The van der Waals surface area contributed by atoms with Gasteiger partial charge in [0.05, 0.1) is 100 Å². The van der Waals surface area contributed by atoms with Crippen LogP contribution in [0.25, 0.3) is 103 Å². The van der Waals surface area contributed by atoms with Crippen molar-refractivity contribution in [2.45, 2.75) is 0 Å². The second-order valence-electron chi connectivity index (χ2n) is 14.9. The van der Waals surface area contributed by atoms with E-state index in [1.54, 1.807) is 12.3 Å². The monoisotopic (exact) mass is 812 g/mol. The van der Waals surface area contributed by atoms with Crippen LogP contribution in [0.15, 0.2) is 146 Å². The van der Waals surface area contributed by atoms with Crippen LogP contribution in [0.1, 0.15) is 22.3 Å². The molecule has 0 atom stereocenters. The number of pyridine rings is 1. The van der Waals surface area contributed by atoms with E-state index in [9.17, 15) is 21.0 Å². The van der Waals surface area contributed by atoms with Crippen LogP contribution < -0.4 is 0 Å². The molecule has 10 rings (SSSR count). The van der Waals surface area contributed by atoms with Crippen LogP contribution in [0.4, 0.5) is 17.1 Å². The molecule has 0 saturated carbocycles. The third kappa shape index (κ3) is 5.78. The van der Waals surface area contributed by atoms with Crippen LogP contribution in [0, 0.1) is 65.0 Å². The van der Waals surface area contributed by atoms with Crippen LogP contribution in [0.3, 0.4) is 0 Å². The van der Waals surface area contributed by atoms with Crippen molar-refractivity contribution in [3.05, 3.63) is 202 Å². The molecule has 3 heterocycles. The van der Waals surface area contributed by atoms with Gasteiger partial charge in [0.15, 0.2) is 17.1 Å². The lowest BCUT2D eigenvalue weighted by Crippen LogP contribution is -2.02. The normalized spacial score (nSPS) is 10.7. The Balaban J connectivity index is 1.22. The summed E-state index contributed by atoms with van der Waals surface area (Å²) in [6.07, 6.45) is 3.54. The van der Waals surface area contributed by atoms with Gasteiger partial charge in [-0.05, 0) is 102 Å². The largest absolute Gasteiger partial charge is 0.309 e. The van der Waals surface area contributed by atoms with Crippen molar-refractivity contribution >= 4 is 60.7 Å². The average Bonchev–Trinajstić information content (AvgIpc) is 3.87. The first-order valence-corrected chi connectivity index (χ1v) is 19.7. The summed E-state index contributed by atoms with van der Waals surface area (Å²) in [6, 6.07) is 50.1. The number of aromatic nitrogens is 3. The lowest BCUT2D eigenvalue weighted by Gasteiger charge is -2.18. The fraction of sp³-hybridized carbons (Fsp3) is 0. The highest BCUT2D eigenvalue weighted by atomic mass is 15.0. The fourth-order valence-corrected chi connectivity index (χ4v) is 8.91. The van der Waals surface area contributed by atoms with E-state index >= 15 is 0 Å². The summed E-state index contributed by atoms with van der Waals surface area (Å²) in [6.45, 7) is 23.3. The molecule has 0 aliphatic rings. The minimum atomic E-state index is 0.220. The molecule has 0 radical (unpaired) electrons. The summed E-state index contributed by atoms with van der Waals surface area (Å²) in [5.74, 6) is 0. The molecule has 0 aliphatic heterocycles. The number of hydrogen-bond acceptors (Lipinski definition) is 5. The Morgan fingerprint density at radius 2 is 1.00 bits per heavy atom. The number of nitriles is 4. The maximum Gasteiger partial charge on any atom is 0.189 e. The Hall–Kier alpha value is -10.3. The molecule has 0 spiro atoms. The van der Waals surface area contributed by atoms with Gasteiger partial charge < -0.3 is 9.13 Å². The lowest BCUT2D eigenvalue weighted by molar-refractivity contribution is 1.13. The van der Waals surface area contributed by atoms with Gasteiger partial charge in [0.2, 0.25) is 0 Å². The number of para-hydroxylation sites is 2. The van der Waals surface area contributed by atoms with Gasteiger partial charge in [-0.25, -0.2) is 14.5 Å². The Morgan fingerprint density at radius 1 is 0.453 bits per heavy atom. The second-order valence-corrected chi connectivity index (χ2v) is 14.9. The molecule has 0 aliphatic carbocycles. The summed E-state index contributed by atoms with van der Waals surface area (Å²) < 4.78 is 4.30. The lowest BCUT2D eigenvalue weighted by atomic mass is 9.93. The topological polar surface area (TPSA) is 131 Å². The standard InChI is InChI=1S/C54H24N10/c1-59-38-23-36(29-57)53(37(24-38)30-58)34-13-16-50-43(25-34)39-8-4-6-10-47(39)63(50)49-15-12-32(27-55)20-42(49)41-18-19-62-31-52(41)64-48-11-7-5-9-40(48)44-26-35(14-17-51(44)64)54-45(60-2)21-33(28-56)22-46(54)61-3/h4-26,31H. The van der Waals surface area contributed by atoms with Gasteiger partial charge in [0.25, 0.3) is 0 Å². The zero-order valence-electron chi connectivity index (χ0n) is 33.3. The maximum absolute atomic E-state index is 10.3. The molecule has 0 fully saturated rings. The predicted molar refractivity (Wildman–Crippen MR) is 247 cm³/mol. The smallest absolute Gasteiger partial charge is 0.189 e. The second kappa shape index (κ2) is 15.1. The Labute approximate surface area is 365 Å². The number of nitrogens with zero attached hydrogens (tertiary/aromatic N) is 10. The Morgan fingerprint density at radius 3 is 1.55 bits per heavy atom. The van der Waals surface area contributed by atoms with Crippen molar-refractivity contribution in [1.29, 1.82) is 21.0 Å². The van der Waals surface area contributed by atoms with Crippen molar-refractivity contribution in [3.63, 3.8) is 0 Å². The van der Waals surface area contributed by atoms with Crippen molar-refractivity contribution in [1.82, 2.24) is 14.1 Å². The van der Waals surface area contributed by atoms with E-state index < -0.39 is 0 Å². The van der Waals surface area contributed by atoms with Crippen molar-refractivity contribution in [2.75, 3.05) is 0 Å². The molecule has 0 saturated heterocycles. The van der Waals surface area contributed by atoms with Gasteiger partial charge in [-0.3, -0.25) is 4.98 Å². The van der Waals surface area contributed by atoms with E-state index in [0.717, 1.165) is 66.1 Å². The quantitative estimate of drug-likeness (QED) is 0.160. The first-order valence-electron chi connectivity index (χ1n) is 19.7. The highest BCUT2D eigenvalue weighted by Gasteiger charge is 2.23.